The quantitative estimate of drug-likeness (QED) is 0.587. The van der Waals surface area contributed by atoms with E-state index in [1.54, 1.807) is 24.3 Å². The summed E-state index contributed by atoms with van der Waals surface area (Å²) in [5, 5.41) is 4.04. The molecule has 2 atom stereocenters. The van der Waals surface area contributed by atoms with Crippen LogP contribution in [-0.2, 0) is 14.3 Å². The van der Waals surface area contributed by atoms with Gasteiger partial charge < -0.3 is 9.64 Å². The maximum atomic E-state index is 12.8. The van der Waals surface area contributed by atoms with E-state index in [2.05, 4.69) is 0 Å². The Kier molecular flexibility index (Phi) is 5.57. The zero-order valence-electron chi connectivity index (χ0n) is 15.3. The summed E-state index contributed by atoms with van der Waals surface area (Å²) in [6.07, 6.45) is 2.27. The van der Waals surface area contributed by atoms with E-state index in [9.17, 15) is 9.59 Å². The number of carbonyl (C=O) groups excluding carboxylic acids is 2. The fourth-order valence-corrected chi connectivity index (χ4v) is 4.04. The number of rotatable bonds is 5. The highest BCUT2D eigenvalue weighted by atomic mass is 32.1. The molecule has 0 N–H and O–H groups in total. The second-order valence-electron chi connectivity index (χ2n) is 6.61. The monoisotopic (exact) mass is 369 g/mol. The van der Waals surface area contributed by atoms with Gasteiger partial charge >= 0.3 is 5.97 Å². The summed E-state index contributed by atoms with van der Waals surface area (Å²) in [5.74, 6) is -1.59. The Balaban J connectivity index is 1.98. The van der Waals surface area contributed by atoms with Gasteiger partial charge in [-0.05, 0) is 65.1 Å². The molecule has 0 aliphatic heterocycles. The SMILES string of the molecule is CCOC(=O)[C@H]1C(=O)C=C(c2ccsc2)C[C@H]1c1ccc(N(C)C)cc1. The van der Waals surface area contributed by atoms with Crippen LogP contribution in [0.5, 0.6) is 0 Å². The summed E-state index contributed by atoms with van der Waals surface area (Å²) < 4.78 is 5.20. The zero-order valence-corrected chi connectivity index (χ0v) is 16.1. The molecule has 0 amide bonds. The van der Waals surface area contributed by atoms with Gasteiger partial charge in [-0.15, -0.1) is 0 Å². The van der Waals surface area contributed by atoms with Crippen LogP contribution >= 0.6 is 11.3 Å². The first-order valence-corrected chi connectivity index (χ1v) is 9.66. The Labute approximate surface area is 158 Å². The van der Waals surface area contributed by atoms with Crippen molar-refractivity contribution >= 4 is 34.3 Å². The number of allylic oxidation sites excluding steroid dienone is 2. The molecular formula is C21H23NO3S. The van der Waals surface area contributed by atoms with E-state index in [0.29, 0.717) is 6.42 Å². The molecule has 0 spiro atoms. The van der Waals surface area contributed by atoms with Crippen molar-refractivity contribution in [3.63, 3.8) is 0 Å². The third-order valence-corrected chi connectivity index (χ3v) is 5.42. The molecular weight excluding hydrogens is 346 g/mol. The summed E-state index contributed by atoms with van der Waals surface area (Å²) in [4.78, 5) is 27.3. The molecule has 0 saturated heterocycles. The first kappa shape index (κ1) is 18.4. The number of ether oxygens (including phenoxy) is 1. The molecule has 4 nitrogen and oxygen atoms in total. The molecule has 2 aromatic rings. The van der Waals surface area contributed by atoms with Crippen molar-refractivity contribution in [2.24, 2.45) is 5.92 Å². The minimum Gasteiger partial charge on any atom is -0.465 e. The van der Waals surface area contributed by atoms with Gasteiger partial charge in [0.05, 0.1) is 6.61 Å². The predicted octanol–water partition coefficient (Wildman–Crippen LogP) is 4.13. The Morgan fingerprint density at radius 3 is 2.54 bits per heavy atom. The number of nitrogens with zero attached hydrogens (tertiary/aromatic N) is 1. The van der Waals surface area contributed by atoms with E-state index >= 15 is 0 Å². The summed E-state index contributed by atoms with van der Waals surface area (Å²) in [6, 6.07) is 10.1. The lowest BCUT2D eigenvalue weighted by Gasteiger charge is -2.29. The van der Waals surface area contributed by atoms with E-state index in [0.717, 1.165) is 22.4 Å². The Hall–Kier alpha value is -2.40. The number of thiophene rings is 1. The first-order chi connectivity index (χ1) is 12.5. The van der Waals surface area contributed by atoms with E-state index in [1.807, 2.05) is 60.1 Å². The van der Waals surface area contributed by atoms with Crippen molar-refractivity contribution in [1.82, 2.24) is 0 Å². The van der Waals surface area contributed by atoms with E-state index in [1.165, 1.54) is 0 Å². The van der Waals surface area contributed by atoms with Crippen molar-refractivity contribution in [3.8, 4) is 0 Å². The first-order valence-electron chi connectivity index (χ1n) is 8.72. The van der Waals surface area contributed by atoms with Gasteiger partial charge in [-0.2, -0.15) is 11.3 Å². The van der Waals surface area contributed by atoms with E-state index in [4.69, 9.17) is 4.74 Å². The number of hydrogen-bond acceptors (Lipinski definition) is 5. The Morgan fingerprint density at radius 1 is 1.23 bits per heavy atom. The van der Waals surface area contributed by atoms with E-state index < -0.39 is 11.9 Å². The van der Waals surface area contributed by atoms with Crippen LogP contribution in [0.25, 0.3) is 5.57 Å². The Bertz CT molecular complexity index is 806. The highest BCUT2D eigenvalue weighted by Crippen LogP contribution is 2.41. The molecule has 3 rings (SSSR count). The molecule has 0 unspecified atom stereocenters. The van der Waals surface area contributed by atoms with Crippen LogP contribution < -0.4 is 4.90 Å². The molecule has 1 aliphatic rings. The second-order valence-corrected chi connectivity index (χ2v) is 7.39. The predicted molar refractivity (Wildman–Crippen MR) is 106 cm³/mol. The van der Waals surface area contributed by atoms with Crippen molar-refractivity contribution in [1.29, 1.82) is 0 Å². The molecule has 1 aliphatic carbocycles. The maximum absolute atomic E-state index is 12.8. The lowest BCUT2D eigenvalue weighted by Crippen LogP contribution is -2.34. The number of esters is 1. The number of hydrogen-bond donors (Lipinski definition) is 0. The molecule has 0 fully saturated rings. The highest BCUT2D eigenvalue weighted by Gasteiger charge is 2.39. The molecule has 1 aromatic heterocycles. The van der Waals surface area contributed by atoms with Crippen molar-refractivity contribution in [3.05, 3.63) is 58.3 Å². The third-order valence-electron chi connectivity index (χ3n) is 4.74. The topological polar surface area (TPSA) is 46.6 Å². The fraction of sp³-hybridized carbons (Fsp3) is 0.333. The molecule has 1 heterocycles. The average Bonchev–Trinajstić information content (AvgIpc) is 3.16. The van der Waals surface area contributed by atoms with Gasteiger partial charge in [0.2, 0.25) is 0 Å². The van der Waals surface area contributed by atoms with Crippen LogP contribution in [0.4, 0.5) is 5.69 Å². The lowest BCUT2D eigenvalue weighted by molar-refractivity contribution is -0.151. The molecule has 136 valence electrons. The van der Waals surface area contributed by atoms with Crippen LogP contribution in [-0.4, -0.2) is 32.5 Å². The maximum Gasteiger partial charge on any atom is 0.317 e. The summed E-state index contributed by atoms with van der Waals surface area (Å²) in [7, 11) is 3.97. The molecule has 0 radical (unpaired) electrons. The van der Waals surface area contributed by atoms with Crippen LogP contribution in [0.3, 0.4) is 0 Å². The van der Waals surface area contributed by atoms with E-state index in [-0.39, 0.29) is 18.3 Å². The van der Waals surface area contributed by atoms with Crippen LogP contribution in [0.1, 0.15) is 30.4 Å². The normalized spacial score (nSPS) is 19.8. The lowest BCUT2D eigenvalue weighted by atomic mass is 9.74. The highest BCUT2D eigenvalue weighted by molar-refractivity contribution is 7.08. The standard InChI is InChI=1S/C21H23NO3S/c1-4-25-21(24)20-18(14-5-7-17(8-6-14)22(2)3)11-16(12-19(20)23)15-9-10-26-13-15/h5-10,12-13,18,20H,4,11H2,1-3H3/t18-,20+/m0/s1. The second kappa shape index (κ2) is 7.87. The van der Waals surface area contributed by atoms with Crippen LogP contribution in [0.2, 0.25) is 0 Å². The minimum atomic E-state index is -0.775. The van der Waals surface area contributed by atoms with Gasteiger partial charge in [0.25, 0.3) is 0 Å². The number of ketones is 1. The Morgan fingerprint density at radius 2 is 1.96 bits per heavy atom. The van der Waals surface area contributed by atoms with Gasteiger partial charge in [-0.1, -0.05) is 12.1 Å². The van der Waals surface area contributed by atoms with Crippen LogP contribution in [0.15, 0.2) is 47.2 Å². The molecule has 0 saturated carbocycles. The summed E-state index contributed by atoms with van der Waals surface area (Å²) in [6.45, 7) is 2.04. The van der Waals surface area contributed by atoms with Gasteiger partial charge in [0.15, 0.2) is 5.78 Å². The van der Waals surface area contributed by atoms with Gasteiger partial charge in [0.1, 0.15) is 5.92 Å². The molecule has 26 heavy (non-hydrogen) atoms. The molecule has 0 bridgehead atoms. The largest absolute Gasteiger partial charge is 0.465 e. The smallest absolute Gasteiger partial charge is 0.317 e. The van der Waals surface area contributed by atoms with Crippen molar-refractivity contribution in [2.45, 2.75) is 19.3 Å². The number of carbonyl (C=O) groups is 2. The third kappa shape index (κ3) is 3.73. The van der Waals surface area contributed by atoms with Crippen molar-refractivity contribution in [2.75, 3.05) is 25.6 Å². The minimum absolute atomic E-state index is 0.169. The van der Waals surface area contributed by atoms with Crippen molar-refractivity contribution < 1.29 is 14.3 Å². The zero-order chi connectivity index (χ0) is 18.7. The average molecular weight is 369 g/mol. The van der Waals surface area contributed by atoms with Crippen LogP contribution in [0, 0.1) is 5.92 Å². The number of anilines is 1. The van der Waals surface area contributed by atoms with Gasteiger partial charge in [-0.3, -0.25) is 9.59 Å². The summed E-state index contributed by atoms with van der Waals surface area (Å²) >= 11 is 1.60. The molecule has 1 aromatic carbocycles. The summed E-state index contributed by atoms with van der Waals surface area (Å²) in [5.41, 5.74) is 4.11. The van der Waals surface area contributed by atoms with Gasteiger partial charge in [0, 0.05) is 25.7 Å². The number of benzene rings is 1. The molecule has 5 heteroatoms. The van der Waals surface area contributed by atoms with Gasteiger partial charge in [-0.25, -0.2) is 0 Å². The fourth-order valence-electron chi connectivity index (χ4n) is 3.36.